The van der Waals surface area contributed by atoms with Crippen molar-refractivity contribution < 1.29 is 23.1 Å². The van der Waals surface area contributed by atoms with Crippen LogP contribution in [-0.2, 0) is 23.1 Å². The van der Waals surface area contributed by atoms with E-state index in [0.29, 0.717) is 42.8 Å². The summed E-state index contributed by atoms with van der Waals surface area (Å²) in [6, 6.07) is 11.7. The highest BCUT2D eigenvalue weighted by molar-refractivity contribution is 7.90. The maximum absolute atomic E-state index is 13.6. The molecule has 280 valence electrons. The molecule has 12 heteroatoms. The summed E-state index contributed by atoms with van der Waals surface area (Å²) < 4.78 is 36.0. The number of hydrogen-bond donors (Lipinski definition) is 3. The lowest BCUT2D eigenvalue weighted by atomic mass is 9.62. The first kappa shape index (κ1) is 36.9. The summed E-state index contributed by atoms with van der Waals surface area (Å²) in [6.45, 7) is 12.1. The molecule has 4 heterocycles. The number of anilines is 1. The van der Waals surface area contributed by atoms with E-state index >= 15 is 0 Å². The number of aryl methyl sites for hydroxylation is 1. The number of aliphatic hydroxyl groups is 1. The van der Waals surface area contributed by atoms with Gasteiger partial charge in [-0.15, -0.1) is 0 Å². The first-order valence-corrected chi connectivity index (χ1v) is 21.2. The van der Waals surface area contributed by atoms with Gasteiger partial charge in [-0.3, -0.25) is 14.6 Å². The highest BCUT2D eigenvalue weighted by Gasteiger charge is 2.48. The number of nitrogens with zero attached hydrogens (tertiary/aromatic N) is 3. The maximum atomic E-state index is 13.6. The molecule has 1 saturated carbocycles. The minimum absolute atomic E-state index is 0.129. The second kappa shape index (κ2) is 15.5. The number of carbonyl (C=O) groups is 1. The minimum Gasteiger partial charge on any atom is -0.487 e. The maximum Gasteiger partial charge on any atom is 0.264 e. The van der Waals surface area contributed by atoms with Crippen LogP contribution < -0.4 is 19.7 Å². The van der Waals surface area contributed by atoms with Crippen molar-refractivity contribution in [1.29, 1.82) is 0 Å². The predicted octanol–water partition coefficient (Wildman–Crippen LogP) is 4.68. The molecule has 1 amide bonds. The fraction of sp³-hybridized carbons (Fsp3) is 0.667. The molecule has 3 N–H and O–H groups in total. The van der Waals surface area contributed by atoms with E-state index in [9.17, 15) is 18.3 Å². The number of fused-ring (bicyclic) bond motifs is 4. The van der Waals surface area contributed by atoms with E-state index in [1.165, 1.54) is 5.56 Å². The summed E-state index contributed by atoms with van der Waals surface area (Å²) in [5.74, 6) is 0.261. The molecule has 0 spiro atoms. The number of carbonyl (C=O) groups excluding carboxylic acids is 1. The SMILES string of the molecule is C[C@@H]1[C@@H](C)CCC[C@@](O)(CN2CCN3CCNC[C@H]3C2)[C@@H]2CC[C@H]2CN2CCCCc3cc(Cl)ccc3COc3ccc(cc32)C(=O)NS1(=O)=O. The molecular weight excluding hydrogens is 686 g/mol. The van der Waals surface area contributed by atoms with Crippen LogP contribution in [0, 0.1) is 17.8 Å². The Hall–Kier alpha value is -2.41. The van der Waals surface area contributed by atoms with Gasteiger partial charge in [0.25, 0.3) is 5.91 Å². The minimum atomic E-state index is -3.94. The monoisotopic (exact) mass is 741 g/mol. The number of amides is 1. The number of ether oxygens (including phenoxy) is 1. The zero-order valence-electron chi connectivity index (χ0n) is 30.3. The molecule has 2 aromatic carbocycles. The van der Waals surface area contributed by atoms with Crippen molar-refractivity contribution in [2.75, 3.05) is 63.8 Å². The van der Waals surface area contributed by atoms with Gasteiger partial charge in [-0.2, -0.15) is 0 Å². The number of piperazine rings is 2. The molecular formula is C39H56ClN5O5S. The number of nitrogens with one attached hydrogen (secondary N) is 2. The van der Waals surface area contributed by atoms with Gasteiger partial charge in [0.05, 0.1) is 16.5 Å². The standard InChI is InChI=1S/C39H56ClN5O5S/c1-27-6-5-14-39(47,26-43-18-19-44-17-15-41-22-34(44)24-43)35-12-9-31(35)23-45-16-4-3-7-29-20-33(40)11-8-32(29)25-50-37-13-10-30(21-36(37)45)38(46)42-51(48,49)28(27)2/h8,10-11,13,20-21,27-28,31,34-35,41,47H,3-7,9,12,14-19,22-26H2,1-2H3,(H,42,46)/t27-,28+,31-,34-,35+,39+/m0/s1. The molecule has 5 aliphatic rings. The Morgan fingerprint density at radius 2 is 1.84 bits per heavy atom. The molecule has 6 atom stereocenters. The Morgan fingerprint density at radius 1 is 0.980 bits per heavy atom. The second-order valence-corrected chi connectivity index (χ2v) is 18.5. The van der Waals surface area contributed by atoms with Gasteiger partial charge in [-0.05, 0) is 111 Å². The Morgan fingerprint density at radius 3 is 2.67 bits per heavy atom. The number of β-amino-alcohol motifs (C(OH)–C–C–N with tert-alkyl or cyclic N) is 1. The number of rotatable bonds is 2. The molecule has 4 aliphatic heterocycles. The van der Waals surface area contributed by atoms with E-state index in [0.717, 1.165) is 102 Å². The van der Waals surface area contributed by atoms with E-state index in [1.54, 1.807) is 25.1 Å². The third kappa shape index (κ3) is 8.24. The van der Waals surface area contributed by atoms with Gasteiger partial charge in [0, 0.05) is 75.5 Å². The fourth-order valence-corrected chi connectivity index (χ4v) is 10.8. The fourth-order valence-electron chi connectivity index (χ4n) is 9.26. The molecule has 51 heavy (non-hydrogen) atoms. The van der Waals surface area contributed by atoms with Gasteiger partial charge in [-0.25, -0.2) is 13.1 Å². The third-order valence-corrected chi connectivity index (χ3v) is 14.9. The van der Waals surface area contributed by atoms with E-state index in [1.807, 2.05) is 25.1 Å². The van der Waals surface area contributed by atoms with Crippen molar-refractivity contribution in [2.45, 2.75) is 88.7 Å². The lowest BCUT2D eigenvalue weighted by Crippen LogP contribution is -2.64. The van der Waals surface area contributed by atoms with E-state index < -0.39 is 26.8 Å². The lowest BCUT2D eigenvalue weighted by Gasteiger charge is -2.52. The van der Waals surface area contributed by atoms with E-state index in [4.69, 9.17) is 16.3 Å². The Kier molecular flexibility index (Phi) is 11.2. The molecule has 2 saturated heterocycles. The summed E-state index contributed by atoms with van der Waals surface area (Å²) in [5, 5.41) is 16.3. The first-order chi connectivity index (χ1) is 24.5. The third-order valence-electron chi connectivity index (χ3n) is 12.7. The Bertz CT molecular complexity index is 1680. The van der Waals surface area contributed by atoms with Crippen molar-refractivity contribution in [3.63, 3.8) is 0 Å². The average molecular weight is 742 g/mol. The smallest absolute Gasteiger partial charge is 0.264 e. The van der Waals surface area contributed by atoms with Gasteiger partial charge in [0.1, 0.15) is 12.4 Å². The van der Waals surface area contributed by atoms with Crippen LogP contribution in [-0.4, -0.2) is 105 Å². The van der Waals surface area contributed by atoms with Crippen LogP contribution in [0.4, 0.5) is 5.69 Å². The van der Waals surface area contributed by atoms with Crippen LogP contribution in [0.3, 0.4) is 0 Å². The van der Waals surface area contributed by atoms with Crippen LogP contribution in [0.25, 0.3) is 0 Å². The molecule has 1 aliphatic carbocycles. The number of sulfonamides is 1. The molecule has 3 fully saturated rings. The van der Waals surface area contributed by atoms with Crippen molar-refractivity contribution in [1.82, 2.24) is 19.8 Å². The van der Waals surface area contributed by atoms with E-state index in [-0.39, 0.29) is 23.3 Å². The van der Waals surface area contributed by atoms with Gasteiger partial charge in [0.15, 0.2) is 0 Å². The summed E-state index contributed by atoms with van der Waals surface area (Å²) in [4.78, 5) is 21.0. The molecule has 2 bridgehead atoms. The summed E-state index contributed by atoms with van der Waals surface area (Å²) in [7, 11) is -3.94. The van der Waals surface area contributed by atoms with Crippen molar-refractivity contribution in [3.8, 4) is 5.75 Å². The average Bonchev–Trinajstić information content (AvgIpc) is 3.12. The molecule has 0 radical (unpaired) electrons. The largest absolute Gasteiger partial charge is 0.487 e. The molecule has 7 rings (SSSR count). The Balaban J connectivity index is 1.22. The normalized spacial score (nSPS) is 32.5. The molecule has 0 aromatic heterocycles. The van der Waals surface area contributed by atoms with Crippen molar-refractivity contribution in [2.24, 2.45) is 17.8 Å². The van der Waals surface area contributed by atoms with Crippen LogP contribution >= 0.6 is 11.6 Å². The number of benzene rings is 2. The first-order valence-electron chi connectivity index (χ1n) is 19.2. The molecule has 0 unspecified atom stereocenters. The quantitative estimate of drug-likeness (QED) is 0.404. The van der Waals surface area contributed by atoms with Crippen molar-refractivity contribution >= 4 is 33.2 Å². The molecule has 2 aromatic rings. The van der Waals surface area contributed by atoms with Crippen LogP contribution in [0.2, 0.25) is 5.02 Å². The molecule has 10 nitrogen and oxygen atoms in total. The lowest BCUT2D eigenvalue weighted by molar-refractivity contribution is -0.113. The van der Waals surface area contributed by atoms with Crippen LogP contribution in [0.15, 0.2) is 36.4 Å². The van der Waals surface area contributed by atoms with Gasteiger partial charge in [-0.1, -0.05) is 31.0 Å². The van der Waals surface area contributed by atoms with Gasteiger partial charge >= 0.3 is 0 Å². The second-order valence-electron chi connectivity index (χ2n) is 16.0. The van der Waals surface area contributed by atoms with E-state index in [2.05, 4.69) is 24.7 Å². The highest BCUT2D eigenvalue weighted by Crippen LogP contribution is 2.46. The summed E-state index contributed by atoms with van der Waals surface area (Å²) in [5.41, 5.74) is 2.47. The predicted molar refractivity (Wildman–Crippen MR) is 202 cm³/mol. The topological polar surface area (TPSA) is 114 Å². The van der Waals surface area contributed by atoms with Crippen molar-refractivity contribution in [3.05, 3.63) is 58.1 Å². The number of hydrogen-bond acceptors (Lipinski definition) is 9. The zero-order chi connectivity index (χ0) is 35.8. The van der Waals surface area contributed by atoms with Crippen LogP contribution in [0.5, 0.6) is 5.75 Å². The number of halogens is 1. The van der Waals surface area contributed by atoms with Gasteiger partial charge < -0.3 is 20.1 Å². The van der Waals surface area contributed by atoms with Gasteiger partial charge in [0.2, 0.25) is 10.0 Å². The summed E-state index contributed by atoms with van der Waals surface area (Å²) in [6.07, 6.45) is 6.81. The zero-order valence-corrected chi connectivity index (χ0v) is 31.9. The Labute approximate surface area is 309 Å². The summed E-state index contributed by atoms with van der Waals surface area (Å²) >= 11 is 6.39. The van der Waals surface area contributed by atoms with Crippen LogP contribution in [0.1, 0.15) is 80.3 Å². The highest BCUT2D eigenvalue weighted by atomic mass is 35.5.